The number of carbonyl (C=O) groups excluding carboxylic acids is 2. The number of nitrogens with one attached hydrogen (secondary N) is 1. The number of benzene rings is 1. The number of anilines is 1. The Bertz CT molecular complexity index is 828. The van der Waals surface area contributed by atoms with Gasteiger partial charge in [0.25, 0.3) is 0 Å². The Morgan fingerprint density at radius 3 is 2.39 bits per heavy atom. The molecule has 3 amide bonds. The quantitative estimate of drug-likeness (QED) is 0.426. The minimum Gasteiger partial charge on any atom is -0.473 e. The molecule has 1 aromatic carbocycles. The van der Waals surface area contributed by atoms with Crippen LogP contribution in [0.15, 0.2) is 30.3 Å². The molecule has 0 aliphatic carbocycles. The topological polar surface area (TPSA) is 154 Å². The maximum Gasteiger partial charge on any atom is 0.414 e. The summed E-state index contributed by atoms with van der Waals surface area (Å²) in [6.07, 6.45) is 1.65. The van der Waals surface area contributed by atoms with E-state index < -0.39 is 11.9 Å². The third-order valence-corrected chi connectivity index (χ3v) is 4.90. The Balaban J connectivity index is 0.000000501. The van der Waals surface area contributed by atoms with Crippen LogP contribution in [0.25, 0.3) is 0 Å². The number of para-hydroxylation sites is 1. The van der Waals surface area contributed by atoms with Gasteiger partial charge in [0.1, 0.15) is 6.04 Å². The second-order valence-corrected chi connectivity index (χ2v) is 6.92. The summed E-state index contributed by atoms with van der Waals surface area (Å²) in [6.45, 7) is 3.37. The molecule has 31 heavy (non-hydrogen) atoms. The van der Waals surface area contributed by atoms with Gasteiger partial charge in [-0.3, -0.25) is 9.69 Å². The highest BCUT2D eigenvalue weighted by Gasteiger charge is 2.30. The summed E-state index contributed by atoms with van der Waals surface area (Å²) in [6, 6.07) is 11.5. The first-order valence-electron chi connectivity index (χ1n) is 9.82. The molecule has 3 rings (SSSR count). The first-order chi connectivity index (χ1) is 14.8. The highest BCUT2D eigenvalue weighted by Crippen LogP contribution is 2.19. The fourth-order valence-electron chi connectivity index (χ4n) is 3.35. The van der Waals surface area contributed by atoms with E-state index in [9.17, 15) is 9.59 Å². The van der Waals surface area contributed by atoms with Gasteiger partial charge in [0.2, 0.25) is 5.91 Å². The molecule has 2 heterocycles. The summed E-state index contributed by atoms with van der Waals surface area (Å²) in [4.78, 5) is 48.0. The van der Waals surface area contributed by atoms with Crippen molar-refractivity contribution in [2.75, 3.05) is 44.2 Å². The molecular weight excluding hydrogens is 406 g/mol. The van der Waals surface area contributed by atoms with Crippen molar-refractivity contribution in [1.82, 2.24) is 15.1 Å². The highest BCUT2D eigenvalue weighted by atomic mass is 16.4. The van der Waals surface area contributed by atoms with Gasteiger partial charge in [-0.25, -0.2) is 14.4 Å². The number of nitriles is 1. The molecule has 3 N–H and O–H groups in total. The Morgan fingerprint density at radius 2 is 1.77 bits per heavy atom. The fraction of sp³-hybridized carbons (Fsp3) is 0.450. The van der Waals surface area contributed by atoms with E-state index in [4.69, 9.17) is 25.1 Å². The van der Waals surface area contributed by atoms with Gasteiger partial charge in [-0.05, 0) is 25.0 Å². The van der Waals surface area contributed by atoms with Gasteiger partial charge in [0.05, 0.1) is 12.6 Å². The van der Waals surface area contributed by atoms with Gasteiger partial charge in [-0.1, -0.05) is 18.2 Å². The molecule has 0 unspecified atom stereocenters. The lowest BCUT2D eigenvalue weighted by Gasteiger charge is -2.21. The molecule has 2 aliphatic heterocycles. The maximum atomic E-state index is 12.4. The number of carboxylic acid groups (broad SMARTS) is 2. The third-order valence-electron chi connectivity index (χ3n) is 4.90. The van der Waals surface area contributed by atoms with Crippen LogP contribution in [0.1, 0.15) is 12.8 Å². The van der Waals surface area contributed by atoms with Crippen molar-refractivity contribution >= 4 is 29.6 Å². The number of aliphatic carboxylic acids is 2. The number of carboxylic acids is 2. The Kier molecular flexibility index (Phi) is 8.78. The van der Waals surface area contributed by atoms with Crippen LogP contribution in [-0.4, -0.2) is 89.2 Å². The zero-order valence-corrected chi connectivity index (χ0v) is 16.9. The van der Waals surface area contributed by atoms with Gasteiger partial charge in [0.15, 0.2) is 0 Å². The lowest BCUT2D eigenvalue weighted by atomic mass is 10.2. The molecule has 2 fully saturated rings. The molecular formula is C20H25N5O6. The summed E-state index contributed by atoms with van der Waals surface area (Å²) in [5.41, 5.74) is 0.912. The number of carbonyl (C=O) groups is 4. The molecule has 0 saturated carbocycles. The van der Waals surface area contributed by atoms with Gasteiger partial charge >= 0.3 is 18.0 Å². The fourth-order valence-corrected chi connectivity index (χ4v) is 3.35. The Hall–Kier alpha value is -3.65. The number of rotatable bonds is 6. The zero-order chi connectivity index (χ0) is 22.8. The van der Waals surface area contributed by atoms with Crippen LogP contribution in [0.5, 0.6) is 0 Å². The normalized spacial score (nSPS) is 17.7. The first-order valence-corrected chi connectivity index (χ1v) is 9.82. The molecule has 1 aromatic rings. The first kappa shape index (κ1) is 23.6. The third kappa shape index (κ3) is 6.68. The number of nitrogens with zero attached hydrogens (tertiary/aromatic N) is 4. The average Bonchev–Trinajstić information content (AvgIpc) is 3.39. The van der Waals surface area contributed by atoms with E-state index >= 15 is 0 Å². The van der Waals surface area contributed by atoms with E-state index in [-0.39, 0.29) is 24.5 Å². The van der Waals surface area contributed by atoms with E-state index in [0.29, 0.717) is 32.7 Å². The van der Waals surface area contributed by atoms with Crippen molar-refractivity contribution in [2.24, 2.45) is 0 Å². The van der Waals surface area contributed by atoms with Crippen molar-refractivity contribution in [3.63, 3.8) is 0 Å². The van der Waals surface area contributed by atoms with Crippen molar-refractivity contribution in [3.8, 4) is 6.07 Å². The van der Waals surface area contributed by atoms with E-state index in [1.54, 1.807) is 14.7 Å². The van der Waals surface area contributed by atoms with E-state index in [0.717, 1.165) is 18.5 Å². The van der Waals surface area contributed by atoms with Gasteiger partial charge in [-0.15, -0.1) is 0 Å². The minimum atomic E-state index is -1.82. The largest absolute Gasteiger partial charge is 0.473 e. The van der Waals surface area contributed by atoms with Crippen LogP contribution in [0, 0.1) is 11.3 Å². The number of amides is 3. The number of likely N-dealkylation sites (tertiary alicyclic amines) is 1. The van der Waals surface area contributed by atoms with Crippen LogP contribution < -0.4 is 10.2 Å². The number of hydrogen-bond acceptors (Lipinski definition) is 6. The predicted octanol–water partition coefficient (Wildman–Crippen LogP) is 0.188. The number of hydrogen-bond donors (Lipinski definition) is 3. The van der Waals surface area contributed by atoms with Crippen molar-refractivity contribution in [1.29, 1.82) is 5.26 Å². The predicted molar refractivity (Wildman–Crippen MR) is 109 cm³/mol. The number of urea groups is 1. The molecule has 2 aliphatic rings. The monoisotopic (exact) mass is 431 g/mol. The molecule has 1 atom stereocenters. The van der Waals surface area contributed by atoms with Gasteiger partial charge in [-0.2, -0.15) is 5.26 Å². The molecule has 11 nitrogen and oxygen atoms in total. The molecule has 0 spiro atoms. The minimum absolute atomic E-state index is 0.00316. The van der Waals surface area contributed by atoms with Gasteiger partial charge < -0.3 is 25.3 Å². The molecule has 2 saturated heterocycles. The maximum absolute atomic E-state index is 12.4. The SMILES string of the molecule is N#C[C@@H]1CCCN1C(=O)CNCCN1CCN(c2ccccc2)C1=O.O=C(O)C(=O)O. The summed E-state index contributed by atoms with van der Waals surface area (Å²) in [7, 11) is 0. The second-order valence-electron chi connectivity index (χ2n) is 6.92. The van der Waals surface area contributed by atoms with Crippen molar-refractivity contribution in [2.45, 2.75) is 18.9 Å². The van der Waals surface area contributed by atoms with Gasteiger partial charge in [0, 0.05) is 38.4 Å². The zero-order valence-electron chi connectivity index (χ0n) is 16.9. The summed E-state index contributed by atoms with van der Waals surface area (Å²) in [5, 5.41) is 26.9. The van der Waals surface area contributed by atoms with E-state index in [2.05, 4.69) is 11.4 Å². The lowest BCUT2D eigenvalue weighted by Crippen LogP contribution is -2.43. The van der Waals surface area contributed by atoms with E-state index in [1.165, 1.54) is 0 Å². The van der Waals surface area contributed by atoms with E-state index in [1.807, 2.05) is 30.3 Å². The molecule has 166 valence electrons. The molecule has 0 bridgehead atoms. The lowest BCUT2D eigenvalue weighted by molar-refractivity contribution is -0.159. The van der Waals surface area contributed by atoms with Crippen LogP contribution in [0.4, 0.5) is 10.5 Å². The standard InChI is InChI=1S/C18H23N5O2.C2H2O4/c19-13-16-7-4-9-22(16)17(24)14-20-8-10-21-11-12-23(18(21)25)15-5-2-1-3-6-15;3-1(4)2(5)6/h1-3,5-6,16,20H,4,7-12,14H2;(H,3,4)(H,5,6)/t16-;/m0./s1. The molecule has 0 radical (unpaired) electrons. The van der Waals surface area contributed by atoms with Crippen LogP contribution >= 0.6 is 0 Å². The Labute approximate surface area is 179 Å². The second kappa shape index (κ2) is 11.5. The molecule has 0 aromatic heterocycles. The van der Waals surface area contributed by atoms with Crippen molar-refractivity contribution < 1.29 is 29.4 Å². The molecule has 11 heteroatoms. The Morgan fingerprint density at radius 1 is 1.10 bits per heavy atom. The average molecular weight is 431 g/mol. The smallest absolute Gasteiger partial charge is 0.414 e. The van der Waals surface area contributed by atoms with Crippen LogP contribution in [0.3, 0.4) is 0 Å². The summed E-state index contributed by atoms with van der Waals surface area (Å²) in [5.74, 6) is -3.69. The highest BCUT2D eigenvalue weighted by molar-refractivity contribution is 6.27. The van der Waals surface area contributed by atoms with Crippen LogP contribution in [0.2, 0.25) is 0 Å². The summed E-state index contributed by atoms with van der Waals surface area (Å²) >= 11 is 0. The van der Waals surface area contributed by atoms with Crippen molar-refractivity contribution in [3.05, 3.63) is 30.3 Å². The van der Waals surface area contributed by atoms with Crippen LogP contribution in [-0.2, 0) is 14.4 Å². The summed E-state index contributed by atoms with van der Waals surface area (Å²) < 4.78 is 0.